The van der Waals surface area contributed by atoms with Crippen LogP contribution in [-0.4, -0.2) is 9.79 Å². The zero-order valence-electron chi connectivity index (χ0n) is 14.3. The van der Waals surface area contributed by atoms with E-state index in [1.807, 2.05) is 6.08 Å². The maximum atomic E-state index is 11.6. The van der Waals surface area contributed by atoms with Gasteiger partial charge in [-0.2, -0.15) is 0 Å². The fraction of sp³-hybridized carbons (Fsp3) is 0.789. The Kier molecular flexibility index (Phi) is 3.55. The minimum atomic E-state index is -4.08. The normalized spacial score (nSPS) is 46.3. The summed E-state index contributed by atoms with van der Waals surface area (Å²) in [6.07, 6.45) is 13.6. The van der Waals surface area contributed by atoms with Gasteiger partial charge in [0.1, 0.15) is 0 Å². The second-order valence-corrected chi connectivity index (χ2v) is 10.6. The molecule has 2 fully saturated rings. The maximum Gasteiger partial charge on any atom is 0.352 e. The highest BCUT2D eigenvalue weighted by Crippen LogP contribution is 2.65. The van der Waals surface area contributed by atoms with E-state index in [0.717, 1.165) is 24.7 Å². The molecule has 3 nitrogen and oxygen atoms in total. The Morgan fingerprint density at radius 3 is 2.65 bits per heavy atom. The molecular weight excluding hydrogens is 307 g/mol. The fourth-order valence-electron chi connectivity index (χ4n) is 6.53. The summed E-state index contributed by atoms with van der Waals surface area (Å²) in [6.45, 7) is 4.87. The van der Waals surface area contributed by atoms with E-state index in [-0.39, 0.29) is 5.41 Å². The molecule has 0 saturated heterocycles. The highest BCUT2D eigenvalue weighted by molar-refractivity contribution is 7.56. The van der Waals surface area contributed by atoms with Crippen molar-refractivity contribution < 1.29 is 14.4 Å². The number of hydrogen-bond acceptors (Lipinski definition) is 1. The molecule has 0 aromatic carbocycles. The molecule has 0 spiro atoms. The minimum Gasteiger partial charge on any atom is -0.321 e. The van der Waals surface area contributed by atoms with Crippen molar-refractivity contribution in [3.05, 3.63) is 23.0 Å². The number of fused-ring (bicyclic) bond motifs is 5. The lowest BCUT2D eigenvalue weighted by atomic mass is 9.49. The molecule has 4 aliphatic rings. The van der Waals surface area contributed by atoms with Crippen LogP contribution >= 0.6 is 7.60 Å². The van der Waals surface area contributed by atoms with E-state index in [0.29, 0.717) is 23.1 Å². The minimum absolute atomic E-state index is 0.130. The third kappa shape index (κ3) is 2.34. The van der Waals surface area contributed by atoms with Crippen molar-refractivity contribution in [2.75, 3.05) is 0 Å². The summed E-state index contributed by atoms with van der Waals surface area (Å²) in [5.74, 6) is 2.35. The van der Waals surface area contributed by atoms with Crippen LogP contribution in [0.3, 0.4) is 0 Å². The Morgan fingerprint density at radius 1 is 1.13 bits per heavy atom. The molecule has 23 heavy (non-hydrogen) atoms. The van der Waals surface area contributed by atoms with Gasteiger partial charge >= 0.3 is 7.60 Å². The molecule has 0 amide bonds. The van der Waals surface area contributed by atoms with Gasteiger partial charge in [-0.15, -0.1) is 0 Å². The number of hydrogen-bond donors (Lipinski definition) is 2. The third-order valence-electron chi connectivity index (χ3n) is 7.90. The van der Waals surface area contributed by atoms with Crippen molar-refractivity contribution in [3.8, 4) is 0 Å². The Morgan fingerprint density at radius 2 is 1.91 bits per heavy atom. The Labute approximate surface area is 139 Å². The zero-order chi connectivity index (χ0) is 16.5. The van der Waals surface area contributed by atoms with Crippen LogP contribution in [0.25, 0.3) is 0 Å². The van der Waals surface area contributed by atoms with Gasteiger partial charge in [0, 0.05) is 5.31 Å². The molecule has 2 N–H and O–H groups in total. The highest BCUT2D eigenvalue weighted by atomic mass is 31.2. The Hall–Kier alpha value is -0.370. The maximum absolute atomic E-state index is 11.6. The summed E-state index contributed by atoms with van der Waals surface area (Å²) in [5, 5.41) is 0.348. The van der Waals surface area contributed by atoms with Crippen molar-refractivity contribution in [2.24, 2.45) is 28.6 Å². The van der Waals surface area contributed by atoms with Gasteiger partial charge in [0.05, 0.1) is 0 Å². The molecule has 128 valence electrons. The van der Waals surface area contributed by atoms with Gasteiger partial charge in [-0.1, -0.05) is 26.3 Å². The van der Waals surface area contributed by atoms with Gasteiger partial charge in [0.15, 0.2) is 0 Å². The first kappa shape index (κ1) is 16.1. The van der Waals surface area contributed by atoms with Crippen LogP contribution in [0.1, 0.15) is 65.2 Å². The van der Waals surface area contributed by atoms with Crippen molar-refractivity contribution in [3.63, 3.8) is 0 Å². The summed E-state index contributed by atoms with van der Waals surface area (Å²) in [4.78, 5) is 19.0. The molecule has 0 bridgehead atoms. The zero-order valence-corrected chi connectivity index (χ0v) is 15.2. The first-order valence-corrected chi connectivity index (χ1v) is 10.8. The quantitative estimate of drug-likeness (QED) is 0.662. The van der Waals surface area contributed by atoms with E-state index in [1.165, 1.54) is 37.7 Å². The largest absolute Gasteiger partial charge is 0.352 e. The van der Waals surface area contributed by atoms with Crippen LogP contribution in [0.4, 0.5) is 0 Å². The second kappa shape index (κ2) is 5.07. The predicted molar refractivity (Wildman–Crippen MR) is 91.8 cm³/mol. The van der Waals surface area contributed by atoms with Gasteiger partial charge in [-0.25, -0.2) is 0 Å². The van der Waals surface area contributed by atoms with E-state index in [9.17, 15) is 14.4 Å². The van der Waals surface area contributed by atoms with Crippen molar-refractivity contribution in [2.45, 2.75) is 65.2 Å². The topological polar surface area (TPSA) is 57.5 Å². The standard InChI is InChI=1S/C19H29O3P/c1-18-9-3-4-16(18)15-6-5-13-12-14(23(20,21)22)7-11-19(13,2)17(15)8-10-18/h5,12,15-17H,3-4,6-11H2,1-2H3,(H2,20,21,22)/t15-,16-,17-,18-,19-/m0/s1. The van der Waals surface area contributed by atoms with Gasteiger partial charge < -0.3 is 9.79 Å². The lowest BCUT2D eigenvalue weighted by Gasteiger charge is -2.56. The van der Waals surface area contributed by atoms with E-state index in [1.54, 1.807) is 0 Å². The van der Waals surface area contributed by atoms with Crippen LogP contribution in [-0.2, 0) is 4.57 Å². The van der Waals surface area contributed by atoms with Gasteiger partial charge in [-0.3, -0.25) is 4.57 Å². The molecule has 0 aromatic heterocycles. The molecule has 0 aliphatic heterocycles. The molecule has 2 saturated carbocycles. The van der Waals surface area contributed by atoms with Gasteiger partial charge in [0.25, 0.3) is 0 Å². The molecule has 4 heteroatoms. The SMILES string of the molecule is C[C@@]12CCC[C@H]1[C@@H]1CC=C3C=C(P(=O)(O)O)CC[C@]3(C)[C@H]1CC2. The molecule has 0 heterocycles. The molecule has 5 atom stereocenters. The summed E-state index contributed by atoms with van der Waals surface area (Å²) in [5.41, 5.74) is 1.90. The van der Waals surface area contributed by atoms with E-state index in [2.05, 4.69) is 19.9 Å². The second-order valence-electron chi connectivity index (χ2n) is 8.95. The third-order valence-corrected chi connectivity index (χ3v) is 9.00. The van der Waals surface area contributed by atoms with E-state index in [4.69, 9.17) is 0 Å². The van der Waals surface area contributed by atoms with Crippen LogP contribution < -0.4 is 0 Å². The summed E-state index contributed by atoms with van der Waals surface area (Å²) >= 11 is 0. The lowest BCUT2D eigenvalue weighted by Crippen LogP contribution is -2.47. The van der Waals surface area contributed by atoms with Crippen molar-refractivity contribution in [1.82, 2.24) is 0 Å². The van der Waals surface area contributed by atoms with Gasteiger partial charge in [0.2, 0.25) is 0 Å². The van der Waals surface area contributed by atoms with Crippen molar-refractivity contribution >= 4 is 7.60 Å². The Balaban J connectivity index is 1.70. The summed E-state index contributed by atoms with van der Waals surface area (Å²) < 4.78 is 11.6. The molecule has 0 unspecified atom stereocenters. The molecule has 4 rings (SSSR count). The monoisotopic (exact) mass is 336 g/mol. The molecule has 0 aromatic rings. The van der Waals surface area contributed by atoms with E-state index >= 15 is 0 Å². The van der Waals surface area contributed by atoms with Crippen LogP contribution in [0, 0.1) is 28.6 Å². The molecular formula is C19H29O3P. The lowest BCUT2D eigenvalue weighted by molar-refractivity contribution is -0.0181. The van der Waals surface area contributed by atoms with E-state index < -0.39 is 7.60 Å². The summed E-state index contributed by atoms with van der Waals surface area (Å²) in [6, 6.07) is 0. The van der Waals surface area contributed by atoms with Crippen LogP contribution in [0.5, 0.6) is 0 Å². The number of rotatable bonds is 1. The fourth-order valence-corrected chi connectivity index (χ4v) is 7.24. The van der Waals surface area contributed by atoms with Crippen LogP contribution in [0.2, 0.25) is 0 Å². The molecule has 0 radical (unpaired) electrons. The smallest absolute Gasteiger partial charge is 0.321 e. The molecule has 4 aliphatic carbocycles. The van der Waals surface area contributed by atoms with Crippen LogP contribution in [0.15, 0.2) is 23.0 Å². The van der Waals surface area contributed by atoms with Gasteiger partial charge in [-0.05, 0) is 85.2 Å². The first-order chi connectivity index (χ1) is 10.7. The average Bonchev–Trinajstić information content (AvgIpc) is 2.87. The Bertz CT molecular complexity index is 631. The predicted octanol–water partition coefficient (Wildman–Crippen LogP) is 5.01. The number of allylic oxidation sites excluding steroid dienone is 4. The van der Waals surface area contributed by atoms with Crippen molar-refractivity contribution in [1.29, 1.82) is 0 Å². The average molecular weight is 336 g/mol. The first-order valence-electron chi connectivity index (χ1n) is 9.21. The summed E-state index contributed by atoms with van der Waals surface area (Å²) in [7, 11) is -4.08. The highest BCUT2D eigenvalue weighted by Gasteiger charge is 2.55.